The maximum atomic E-state index is 8.36. The first-order valence-electron chi connectivity index (χ1n) is 0.565. The van der Waals surface area contributed by atoms with Crippen molar-refractivity contribution in [1.82, 2.24) is 0 Å². The predicted molar refractivity (Wildman–Crippen MR) is 8.78 cm³/mol. The van der Waals surface area contributed by atoms with Crippen LogP contribution in [-0.4, -0.2) is 10.3 Å². The molecule has 0 amide bonds. The third-order valence-electron chi connectivity index (χ3n) is 0. The third kappa shape index (κ3) is 707. The molecule has 0 aliphatic heterocycles. The van der Waals surface area contributed by atoms with E-state index in [1.807, 2.05) is 0 Å². The minimum Gasteiger partial charge on any atom is -0.328 e. The molecule has 0 heterocycles. The summed E-state index contributed by atoms with van der Waals surface area (Å²) in [5.41, 5.74) is 0. The zero-order valence-corrected chi connectivity index (χ0v) is 4.80. The number of nitrogens with zero attached hydrogens (tertiary/aromatic N) is 1. The molecule has 0 rings (SSSR count). The molecule has 0 fully saturated rings. The molecule has 0 atom stereocenters. The van der Waals surface area contributed by atoms with E-state index in [4.69, 9.17) is 15.3 Å². The van der Waals surface area contributed by atoms with Gasteiger partial charge in [0.15, 0.2) is 0 Å². The van der Waals surface area contributed by atoms with Gasteiger partial charge >= 0.3 is 0 Å². The van der Waals surface area contributed by atoms with Gasteiger partial charge in [-0.2, -0.15) is 0 Å². The normalized spacial score (nSPS) is 4.80. The first kappa shape index (κ1) is 8.85. The zero-order valence-electron chi connectivity index (χ0n) is 2.09. The van der Waals surface area contributed by atoms with E-state index in [0.29, 0.717) is 0 Å². The Morgan fingerprint density at radius 1 is 1.80 bits per heavy atom. The summed E-state index contributed by atoms with van der Waals surface area (Å²) in [6.45, 7) is 0. The van der Waals surface area contributed by atoms with E-state index in [1.165, 1.54) is 0 Å². The second-order valence-corrected chi connectivity index (χ2v) is 0.238. The average Bonchev–Trinajstić information content (AvgIpc) is 0.811. The minimum absolute atomic E-state index is 0. The molecule has 0 bridgehead atoms. The van der Waals surface area contributed by atoms with Gasteiger partial charge in [0.1, 0.15) is 0 Å². The van der Waals surface area contributed by atoms with Crippen molar-refractivity contribution in [3.05, 3.63) is 10.1 Å². The number of hydrogen-bond acceptors (Lipinski definition) is 2. The summed E-state index contributed by atoms with van der Waals surface area (Å²) in [4.78, 5) is 8.36. The molecular weight excluding hydrogens is 248 g/mol. The van der Waals surface area contributed by atoms with E-state index in [1.54, 1.807) is 0 Å². The molecule has 0 saturated carbocycles. The van der Waals surface area contributed by atoms with E-state index in [2.05, 4.69) is 0 Å². The van der Waals surface area contributed by atoms with Crippen LogP contribution in [0.2, 0.25) is 0 Å². The SMILES string of the molecule is O=[N+]([O-])O.[Re]. The molecule has 0 aliphatic rings. The number of hydrogen-bond donors (Lipinski definition) is 1. The summed E-state index contributed by atoms with van der Waals surface area (Å²) in [6, 6.07) is 0. The Morgan fingerprint density at radius 2 is 1.80 bits per heavy atom. The Bertz CT molecular complexity index is 29.9. The Morgan fingerprint density at radius 3 is 1.80 bits per heavy atom. The fraction of sp³-hybridized carbons (Fsp3) is 0. The van der Waals surface area contributed by atoms with E-state index in [0.717, 1.165) is 0 Å². The molecule has 1 radical (unpaired) electrons. The molecule has 0 aromatic heterocycles. The summed E-state index contributed by atoms with van der Waals surface area (Å²) >= 11 is 0. The Labute approximate surface area is 41.6 Å². The van der Waals surface area contributed by atoms with Crippen LogP contribution in [0.15, 0.2) is 0 Å². The van der Waals surface area contributed by atoms with Gasteiger partial charge in [0, 0.05) is 20.4 Å². The molecule has 5 heavy (non-hydrogen) atoms. The second kappa shape index (κ2) is 3.86. The Hall–Kier alpha value is -0.138. The monoisotopic (exact) mass is 250 g/mol. The van der Waals surface area contributed by atoms with Gasteiger partial charge in [-0.15, -0.1) is 10.1 Å². The van der Waals surface area contributed by atoms with Crippen LogP contribution < -0.4 is 0 Å². The van der Waals surface area contributed by atoms with E-state index < -0.39 is 5.09 Å². The third-order valence-corrected chi connectivity index (χ3v) is 0. The minimum atomic E-state index is -1.50. The van der Waals surface area contributed by atoms with Crippen LogP contribution in [0.1, 0.15) is 0 Å². The first-order chi connectivity index (χ1) is 1.73. The smallest absolute Gasteiger partial charge is 0.291 e. The maximum absolute atomic E-state index is 8.36. The van der Waals surface area contributed by atoms with Crippen LogP contribution in [0.4, 0.5) is 0 Å². The molecule has 0 aromatic rings. The molecule has 0 aromatic carbocycles. The van der Waals surface area contributed by atoms with E-state index >= 15 is 0 Å². The fourth-order valence-electron chi connectivity index (χ4n) is 0. The van der Waals surface area contributed by atoms with Crippen LogP contribution in [-0.2, 0) is 20.4 Å². The van der Waals surface area contributed by atoms with Crippen LogP contribution in [0.5, 0.6) is 0 Å². The van der Waals surface area contributed by atoms with Crippen molar-refractivity contribution in [3.8, 4) is 0 Å². The molecule has 4 nitrogen and oxygen atoms in total. The summed E-state index contributed by atoms with van der Waals surface area (Å²) in [7, 11) is 0. The van der Waals surface area contributed by atoms with Crippen molar-refractivity contribution in [2.75, 3.05) is 0 Å². The first-order valence-corrected chi connectivity index (χ1v) is 0.565. The summed E-state index contributed by atoms with van der Waals surface area (Å²) in [5, 5.41) is 13.6. The summed E-state index contributed by atoms with van der Waals surface area (Å²) < 4.78 is 0. The van der Waals surface area contributed by atoms with Crippen molar-refractivity contribution in [1.29, 1.82) is 0 Å². The molecule has 1 N–H and O–H groups in total. The Balaban J connectivity index is 0. The van der Waals surface area contributed by atoms with Crippen molar-refractivity contribution >= 4 is 0 Å². The summed E-state index contributed by atoms with van der Waals surface area (Å²) in [5.74, 6) is 0. The Kier molecular flexibility index (Phi) is 6.84. The van der Waals surface area contributed by atoms with Crippen LogP contribution in [0.3, 0.4) is 0 Å². The topological polar surface area (TPSA) is 63.4 Å². The van der Waals surface area contributed by atoms with Crippen molar-refractivity contribution < 1.29 is 30.7 Å². The molecule has 0 saturated heterocycles. The van der Waals surface area contributed by atoms with Crippen molar-refractivity contribution in [2.45, 2.75) is 0 Å². The van der Waals surface area contributed by atoms with E-state index in [-0.39, 0.29) is 20.4 Å². The maximum Gasteiger partial charge on any atom is 0.291 e. The van der Waals surface area contributed by atoms with Gasteiger partial charge in [-0.05, 0) is 0 Å². The van der Waals surface area contributed by atoms with Crippen LogP contribution in [0, 0.1) is 10.1 Å². The molecule has 5 heteroatoms. The molecular formula is HNO3Re. The molecule has 0 unspecified atom stereocenters. The van der Waals surface area contributed by atoms with Gasteiger partial charge in [-0.1, -0.05) is 0 Å². The second-order valence-electron chi connectivity index (χ2n) is 0.238. The molecule has 31 valence electrons. The zero-order chi connectivity index (χ0) is 3.58. The van der Waals surface area contributed by atoms with E-state index in [9.17, 15) is 0 Å². The van der Waals surface area contributed by atoms with Crippen LogP contribution >= 0.6 is 0 Å². The van der Waals surface area contributed by atoms with Gasteiger partial charge in [0.25, 0.3) is 5.09 Å². The van der Waals surface area contributed by atoms with Crippen LogP contribution in [0.25, 0.3) is 0 Å². The largest absolute Gasteiger partial charge is 0.328 e. The van der Waals surface area contributed by atoms with Crippen molar-refractivity contribution in [2.24, 2.45) is 0 Å². The quantitative estimate of drug-likeness (QED) is 0.471. The molecule has 0 aliphatic carbocycles. The fourth-order valence-corrected chi connectivity index (χ4v) is 0. The van der Waals surface area contributed by atoms with Gasteiger partial charge < -0.3 is 5.21 Å². The standard InChI is InChI=1S/HNO3.Re/c2-1(3)4;/h(H,2,3,4);. The van der Waals surface area contributed by atoms with Gasteiger partial charge in [0.05, 0.1) is 0 Å². The van der Waals surface area contributed by atoms with Gasteiger partial charge in [-0.3, -0.25) is 0 Å². The number of rotatable bonds is 0. The van der Waals surface area contributed by atoms with Crippen molar-refractivity contribution in [3.63, 3.8) is 0 Å². The van der Waals surface area contributed by atoms with Gasteiger partial charge in [-0.25, -0.2) is 0 Å². The molecule has 0 spiro atoms. The van der Waals surface area contributed by atoms with Gasteiger partial charge in [0.2, 0.25) is 0 Å². The predicted octanol–water partition coefficient (Wildman–Crippen LogP) is -0.350. The summed E-state index contributed by atoms with van der Waals surface area (Å²) in [6.07, 6.45) is 0. The average molecular weight is 249 g/mol.